The number of aromatic hydroxyl groups is 1. The Morgan fingerprint density at radius 1 is 0.913 bits per heavy atom. The van der Waals surface area contributed by atoms with Crippen molar-refractivity contribution in [2.24, 2.45) is 0 Å². The highest BCUT2D eigenvalue weighted by Crippen LogP contribution is 2.40. The maximum absolute atomic E-state index is 10.9. The van der Waals surface area contributed by atoms with Gasteiger partial charge in [0.1, 0.15) is 30.4 Å². The predicted molar refractivity (Wildman–Crippen MR) is 171 cm³/mol. The lowest BCUT2D eigenvalue weighted by molar-refractivity contribution is -0.0503. The number of ether oxygens (including phenoxy) is 3. The van der Waals surface area contributed by atoms with Gasteiger partial charge in [-0.05, 0) is 36.1 Å². The highest BCUT2D eigenvalue weighted by atomic mass is 16.6. The van der Waals surface area contributed by atoms with Crippen LogP contribution in [0.4, 0.5) is 11.6 Å². The van der Waals surface area contributed by atoms with Crippen LogP contribution in [0.5, 0.6) is 11.6 Å². The summed E-state index contributed by atoms with van der Waals surface area (Å²) >= 11 is 0. The molecule has 0 amide bonds. The van der Waals surface area contributed by atoms with Gasteiger partial charge in [0.25, 0.3) is 0 Å². The molecule has 0 spiro atoms. The van der Waals surface area contributed by atoms with E-state index in [0.717, 1.165) is 29.5 Å². The van der Waals surface area contributed by atoms with Gasteiger partial charge in [0.05, 0.1) is 19.8 Å². The Labute approximate surface area is 266 Å². The Bertz CT molecular complexity index is 1740. The highest BCUT2D eigenvalue weighted by Gasteiger charge is 2.45. The van der Waals surface area contributed by atoms with Crippen LogP contribution in [-0.4, -0.2) is 85.1 Å². The quantitative estimate of drug-likeness (QED) is 0.140. The molecule has 1 saturated heterocycles. The number of aliphatic hydroxyl groups excluding tert-OH is 3. The Hall–Kier alpha value is -4.59. The van der Waals surface area contributed by atoms with Gasteiger partial charge in [-0.3, -0.25) is 4.57 Å². The van der Waals surface area contributed by atoms with Crippen molar-refractivity contribution < 1.29 is 34.6 Å². The van der Waals surface area contributed by atoms with Gasteiger partial charge >= 0.3 is 0 Å². The van der Waals surface area contributed by atoms with Crippen molar-refractivity contribution in [3.63, 3.8) is 0 Å². The second-order valence-corrected chi connectivity index (χ2v) is 11.1. The molecule has 6 rings (SSSR count). The molecule has 4 atom stereocenters. The van der Waals surface area contributed by atoms with Gasteiger partial charge in [0.15, 0.2) is 17.4 Å². The molecule has 240 valence electrons. The molecule has 12 heteroatoms. The van der Waals surface area contributed by atoms with E-state index in [1.165, 1.54) is 10.9 Å². The summed E-state index contributed by atoms with van der Waals surface area (Å²) in [6.07, 6.45) is -2.08. The van der Waals surface area contributed by atoms with E-state index in [4.69, 9.17) is 14.2 Å². The molecule has 46 heavy (non-hydrogen) atoms. The standard InChI is InChI=1S/C34H37N5O7/c1-38(34-37-28-31(35-21-36-32(28)43)39(34)33-30(42)29(41)27(19-40)46-33)24-14-15-25(23-12-6-3-7-13-23)26(18-24)45-17-9-8-16-44-20-22-10-4-2-5-11-22/h2-7,10-15,18,21,27,29-30,33,40-42H,8-9,16-17,19-20H2,1H3,(H,35,36,43)/t27-,29-,30-,33-/m1/s1. The van der Waals surface area contributed by atoms with Gasteiger partial charge in [-0.2, -0.15) is 4.98 Å². The number of benzene rings is 3. The molecule has 0 unspecified atom stereocenters. The lowest BCUT2D eigenvalue weighted by Crippen LogP contribution is -2.33. The molecular formula is C34H37N5O7. The normalized spacial score (nSPS) is 19.5. The van der Waals surface area contributed by atoms with Gasteiger partial charge in [-0.25, -0.2) is 9.97 Å². The first-order chi connectivity index (χ1) is 22.5. The van der Waals surface area contributed by atoms with Crippen LogP contribution in [0.25, 0.3) is 22.3 Å². The molecule has 0 aliphatic carbocycles. The van der Waals surface area contributed by atoms with Crippen molar-refractivity contribution in [2.75, 3.05) is 31.8 Å². The molecule has 3 heterocycles. The third-order valence-electron chi connectivity index (χ3n) is 8.00. The molecule has 3 aromatic carbocycles. The zero-order chi connectivity index (χ0) is 32.0. The van der Waals surface area contributed by atoms with Crippen LogP contribution < -0.4 is 9.64 Å². The minimum atomic E-state index is -1.39. The molecule has 5 aromatic rings. The van der Waals surface area contributed by atoms with Crippen LogP contribution in [0.3, 0.4) is 0 Å². The first-order valence-corrected chi connectivity index (χ1v) is 15.2. The van der Waals surface area contributed by atoms with E-state index < -0.39 is 31.1 Å². The summed E-state index contributed by atoms with van der Waals surface area (Å²) in [5.74, 6) is 0.579. The second kappa shape index (κ2) is 14.2. The van der Waals surface area contributed by atoms with Crippen LogP contribution in [0.15, 0.2) is 85.2 Å². The number of hydrogen-bond donors (Lipinski definition) is 4. The number of aliphatic hydroxyl groups is 3. The third kappa shape index (κ3) is 6.52. The summed E-state index contributed by atoms with van der Waals surface area (Å²) in [6, 6.07) is 25.8. The fourth-order valence-corrected chi connectivity index (χ4v) is 5.51. The number of rotatable bonds is 13. The Morgan fingerprint density at radius 2 is 1.65 bits per heavy atom. The molecule has 0 radical (unpaired) electrons. The number of fused-ring (bicyclic) bond motifs is 1. The maximum atomic E-state index is 10.9. The Morgan fingerprint density at radius 3 is 2.39 bits per heavy atom. The summed E-state index contributed by atoms with van der Waals surface area (Å²) in [7, 11) is 1.77. The highest BCUT2D eigenvalue weighted by molar-refractivity contribution is 5.81. The summed E-state index contributed by atoms with van der Waals surface area (Å²) in [5.41, 5.74) is 4.03. The lowest BCUT2D eigenvalue weighted by atomic mass is 10.0. The van der Waals surface area contributed by atoms with E-state index in [9.17, 15) is 20.4 Å². The van der Waals surface area contributed by atoms with Gasteiger partial charge in [-0.15, -0.1) is 0 Å². The molecule has 0 saturated carbocycles. The number of aromatic nitrogens is 4. The Kier molecular flexibility index (Phi) is 9.71. The van der Waals surface area contributed by atoms with Crippen LogP contribution in [0.2, 0.25) is 0 Å². The molecule has 1 fully saturated rings. The van der Waals surface area contributed by atoms with Crippen LogP contribution in [0, 0.1) is 0 Å². The SMILES string of the molecule is CN(c1ccc(-c2ccccc2)c(OCCCCOCc2ccccc2)c1)c1nc2c(O)ncnc2n1[C@@H]1O[C@H](CO)[C@@H](O)[C@H]1O. The van der Waals surface area contributed by atoms with E-state index in [1.54, 1.807) is 11.9 Å². The van der Waals surface area contributed by atoms with Crippen LogP contribution >= 0.6 is 0 Å². The van der Waals surface area contributed by atoms with Crippen LogP contribution in [-0.2, 0) is 16.1 Å². The number of unbranched alkanes of at least 4 members (excludes halogenated alkanes) is 1. The van der Waals surface area contributed by atoms with Gasteiger partial charge in [-0.1, -0.05) is 60.7 Å². The van der Waals surface area contributed by atoms with E-state index >= 15 is 0 Å². The first-order valence-electron chi connectivity index (χ1n) is 15.2. The number of hydrogen-bond acceptors (Lipinski definition) is 11. The summed E-state index contributed by atoms with van der Waals surface area (Å²) < 4.78 is 19.5. The summed E-state index contributed by atoms with van der Waals surface area (Å²) in [6.45, 7) is 1.18. The average Bonchev–Trinajstić information content (AvgIpc) is 3.61. The minimum absolute atomic E-state index is 0.0916. The van der Waals surface area contributed by atoms with E-state index in [-0.39, 0.29) is 23.0 Å². The van der Waals surface area contributed by atoms with Crippen molar-refractivity contribution in [2.45, 2.75) is 44.0 Å². The number of nitrogens with zero attached hydrogens (tertiary/aromatic N) is 5. The second-order valence-electron chi connectivity index (χ2n) is 11.1. The van der Waals surface area contributed by atoms with Crippen LogP contribution in [0.1, 0.15) is 24.6 Å². The fourth-order valence-electron chi connectivity index (χ4n) is 5.51. The zero-order valence-electron chi connectivity index (χ0n) is 25.4. The fraction of sp³-hybridized carbons (Fsp3) is 0.324. The molecule has 12 nitrogen and oxygen atoms in total. The van der Waals surface area contributed by atoms with E-state index in [1.807, 2.05) is 78.9 Å². The monoisotopic (exact) mass is 627 g/mol. The smallest absolute Gasteiger partial charge is 0.243 e. The number of imidazole rings is 1. The average molecular weight is 628 g/mol. The zero-order valence-corrected chi connectivity index (χ0v) is 25.4. The van der Waals surface area contributed by atoms with E-state index in [0.29, 0.717) is 31.3 Å². The van der Waals surface area contributed by atoms with Crippen molar-refractivity contribution >= 4 is 22.8 Å². The maximum Gasteiger partial charge on any atom is 0.243 e. The first kappa shape index (κ1) is 31.4. The van der Waals surface area contributed by atoms with Crippen molar-refractivity contribution in [3.8, 4) is 22.8 Å². The Balaban J connectivity index is 1.25. The summed E-state index contributed by atoms with van der Waals surface area (Å²) in [5, 5.41) is 41.6. The molecule has 4 N–H and O–H groups in total. The number of anilines is 2. The van der Waals surface area contributed by atoms with E-state index in [2.05, 4.69) is 15.0 Å². The van der Waals surface area contributed by atoms with Gasteiger partial charge in [0.2, 0.25) is 11.8 Å². The molecule has 2 aromatic heterocycles. The van der Waals surface area contributed by atoms with Gasteiger partial charge in [0, 0.05) is 31.0 Å². The third-order valence-corrected chi connectivity index (χ3v) is 8.00. The van der Waals surface area contributed by atoms with Crippen molar-refractivity contribution in [3.05, 3.63) is 90.8 Å². The summed E-state index contributed by atoms with van der Waals surface area (Å²) in [4.78, 5) is 14.5. The molecule has 1 aliphatic rings. The molecule has 1 aliphatic heterocycles. The largest absolute Gasteiger partial charge is 0.493 e. The van der Waals surface area contributed by atoms with Crippen molar-refractivity contribution in [1.29, 1.82) is 0 Å². The van der Waals surface area contributed by atoms with Crippen molar-refractivity contribution in [1.82, 2.24) is 19.5 Å². The minimum Gasteiger partial charge on any atom is -0.493 e. The topological polar surface area (TPSA) is 155 Å². The van der Waals surface area contributed by atoms with Gasteiger partial charge < -0.3 is 39.5 Å². The lowest BCUT2D eigenvalue weighted by Gasteiger charge is -2.25. The molecule has 0 bridgehead atoms. The molecular weight excluding hydrogens is 590 g/mol. The predicted octanol–water partition coefficient (Wildman–Crippen LogP) is 3.95.